The van der Waals surface area contributed by atoms with Gasteiger partial charge in [-0.1, -0.05) is 37.8 Å². The standard InChI is InChI=1S/C29H33F3N6/c30-29(31,32)24-13-14-26(34-20-24)28(37-15-5-1-2-6-16-37,38-17-7-3-4-8-18-38)25-21-35-36-27(25)23-11-9-22(19-33)10-12-23/h9-14,20-21H,1-8,15-18H2,(H,35,36). The van der Waals surface area contributed by atoms with E-state index in [1.807, 2.05) is 18.3 Å². The van der Waals surface area contributed by atoms with Crippen molar-refractivity contribution in [1.82, 2.24) is 25.0 Å². The number of halogens is 3. The SMILES string of the molecule is N#Cc1ccc(-c2n[nH]cc2C(c2ccc(C(F)(F)F)cn2)(N2CCCCCC2)N2CCCCCC2)cc1. The van der Waals surface area contributed by atoms with Gasteiger partial charge in [0.1, 0.15) is 5.66 Å². The summed E-state index contributed by atoms with van der Waals surface area (Å²) in [5.41, 5.74) is 1.98. The lowest BCUT2D eigenvalue weighted by Gasteiger charge is -2.50. The number of H-pyrrole nitrogens is 1. The second kappa shape index (κ2) is 11.3. The summed E-state index contributed by atoms with van der Waals surface area (Å²) in [4.78, 5) is 9.42. The molecule has 9 heteroatoms. The first-order valence-corrected chi connectivity index (χ1v) is 13.5. The maximum Gasteiger partial charge on any atom is 0.417 e. The van der Waals surface area contributed by atoms with Crippen LogP contribution in [-0.4, -0.2) is 51.2 Å². The number of likely N-dealkylation sites (tertiary alicyclic amines) is 2. The van der Waals surface area contributed by atoms with Gasteiger partial charge in [-0.05, 0) is 49.9 Å². The van der Waals surface area contributed by atoms with Crippen molar-refractivity contribution in [3.8, 4) is 17.3 Å². The van der Waals surface area contributed by atoms with Crippen LogP contribution in [-0.2, 0) is 11.8 Å². The molecule has 0 unspecified atom stereocenters. The minimum atomic E-state index is -4.46. The van der Waals surface area contributed by atoms with Crippen molar-refractivity contribution in [3.63, 3.8) is 0 Å². The van der Waals surface area contributed by atoms with E-state index in [1.54, 1.807) is 18.2 Å². The zero-order valence-electron chi connectivity index (χ0n) is 21.5. The molecule has 0 atom stereocenters. The molecule has 3 aromatic rings. The second-order valence-electron chi connectivity index (χ2n) is 10.2. The lowest BCUT2D eigenvalue weighted by molar-refractivity contribution is -0.137. The molecule has 0 radical (unpaired) electrons. The summed E-state index contributed by atoms with van der Waals surface area (Å²) < 4.78 is 40.7. The largest absolute Gasteiger partial charge is 0.417 e. The number of pyridine rings is 1. The molecule has 1 N–H and O–H groups in total. The van der Waals surface area contributed by atoms with Crippen molar-refractivity contribution in [1.29, 1.82) is 5.26 Å². The molecule has 0 saturated carbocycles. The third kappa shape index (κ3) is 5.07. The number of aromatic amines is 1. The summed E-state index contributed by atoms with van der Waals surface area (Å²) in [6.07, 6.45) is 6.97. The van der Waals surface area contributed by atoms with Gasteiger partial charge >= 0.3 is 6.18 Å². The van der Waals surface area contributed by atoms with Crippen LogP contribution in [0.15, 0.2) is 48.8 Å². The van der Waals surface area contributed by atoms with Crippen molar-refractivity contribution < 1.29 is 13.2 Å². The fraction of sp³-hybridized carbons (Fsp3) is 0.483. The first-order valence-electron chi connectivity index (χ1n) is 13.5. The Bertz CT molecular complexity index is 1210. The second-order valence-corrected chi connectivity index (χ2v) is 10.2. The van der Waals surface area contributed by atoms with Crippen LogP contribution in [0, 0.1) is 11.3 Å². The van der Waals surface area contributed by atoms with Gasteiger partial charge in [0.2, 0.25) is 0 Å². The highest BCUT2D eigenvalue weighted by molar-refractivity contribution is 5.66. The lowest BCUT2D eigenvalue weighted by atomic mass is 9.88. The molecule has 0 spiro atoms. The predicted octanol–water partition coefficient (Wildman–Crippen LogP) is 6.32. The van der Waals surface area contributed by atoms with E-state index >= 15 is 0 Å². The molecule has 0 bridgehead atoms. The van der Waals surface area contributed by atoms with Crippen LogP contribution in [0.5, 0.6) is 0 Å². The van der Waals surface area contributed by atoms with Crippen LogP contribution in [0.2, 0.25) is 0 Å². The minimum Gasteiger partial charge on any atom is -0.285 e. The van der Waals surface area contributed by atoms with Crippen molar-refractivity contribution in [2.24, 2.45) is 0 Å². The van der Waals surface area contributed by atoms with Gasteiger partial charge in [-0.3, -0.25) is 19.9 Å². The summed E-state index contributed by atoms with van der Waals surface area (Å²) in [5, 5.41) is 17.0. The quantitative estimate of drug-likeness (QED) is 0.425. The smallest absolute Gasteiger partial charge is 0.285 e. The van der Waals surface area contributed by atoms with Gasteiger partial charge in [0, 0.05) is 49.7 Å². The molecular formula is C29H33F3N6. The molecule has 6 nitrogen and oxygen atoms in total. The molecule has 0 amide bonds. The van der Waals surface area contributed by atoms with Gasteiger partial charge in [-0.2, -0.15) is 23.5 Å². The van der Waals surface area contributed by atoms with E-state index in [0.29, 0.717) is 11.3 Å². The van der Waals surface area contributed by atoms with Crippen LogP contribution in [0.1, 0.15) is 73.8 Å². The Morgan fingerprint density at radius 2 is 1.37 bits per heavy atom. The van der Waals surface area contributed by atoms with E-state index in [0.717, 1.165) is 107 Å². The van der Waals surface area contributed by atoms with Gasteiger partial charge in [-0.25, -0.2) is 0 Å². The van der Waals surface area contributed by atoms with Gasteiger partial charge in [0.05, 0.1) is 28.6 Å². The molecule has 2 aliphatic rings. The van der Waals surface area contributed by atoms with E-state index in [-0.39, 0.29) is 0 Å². The van der Waals surface area contributed by atoms with Crippen LogP contribution >= 0.6 is 0 Å². The van der Waals surface area contributed by atoms with Crippen LogP contribution < -0.4 is 0 Å². The van der Waals surface area contributed by atoms with Gasteiger partial charge in [-0.15, -0.1) is 0 Å². The summed E-state index contributed by atoms with van der Waals surface area (Å²) in [6.45, 7) is 3.27. The number of rotatable bonds is 5. The van der Waals surface area contributed by atoms with Crippen LogP contribution in [0.4, 0.5) is 13.2 Å². The molecule has 2 saturated heterocycles. The molecule has 200 valence electrons. The number of nitrogens with zero attached hydrogens (tertiary/aromatic N) is 5. The maximum atomic E-state index is 13.6. The fourth-order valence-electron chi connectivity index (χ4n) is 6.04. The number of nitrogens with one attached hydrogen (secondary N) is 1. The number of hydrogen-bond acceptors (Lipinski definition) is 5. The summed E-state index contributed by atoms with van der Waals surface area (Å²) in [6, 6.07) is 12.2. The number of aromatic nitrogens is 3. The molecule has 1 aromatic carbocycles. The summed E-state index contributed by atoms with van der Waals surface area (Å²) in [5.74, 6) is 0. The van der Waals surface area contributed by atoms with E-state index in [9.17, 15) is 18.4 Å². The zero-order chi connectivity index (χ0) is 26.6. The highest BCUT2D eigenvalue weighted by Gasteiger charge is 2.49. The molecule has 5 rings (SSSR count). The van der Waals surface area contributed by atoms with Crippen molar-refractivity contribution in [3.05, 3.63) is 71.2 Å². The third-order valence-corrected chi connectivity index (χ3v) is 7.88. The Hall–Kier alpha value is -3.22. The summed E-state index contributed by atoms with van der Waals surface area (Å²) in [7, 11) is 0. The topological polar surface area (TPSA) is 71.8 Å². The van der Waals surface area contributed by atoms with Crippen molar-refractivity contribution in [2.45, 2.75) is 63.2 Å². The minimum absolute atomic E-state index is 0.557. The van der Waals surface area contributed by atoms with Gasteiger partial charge in [0.15, 0.2) is 0 Å². The third-order valence-electron chi connectivity index (χ3n) is 7.88. The first-order chi connectivity index (χ1) is 18.4. The highest BCUT2D eigenvalue weighted by atomic mass is 19.4. The lowest BCUT2D eigenvalue weighted by Crippen LogP contribution is -2.60. The normalized spacial score (nSPS) is 18.5. The predicted molar refractivity (Wildman–Crippen MR) is 139 cm³/mol. The monoisotopic (exact) mass is 522 g/mol. The van der Waals surface area contributed by atoms with E-state index in [1.165, 1.54) is 0 Å². The molecule has 2 aromatic heterocycles. The fourth-order valence-corrected chi connectivity index (χ4v) is 6.04. The molecule has 2 fully saturated rings. The van der Waals surface area contributed by atoms with Gasteiger partial charge < -0.3 is 0 Å². The Labute approximate surface area is 221 Å². The van der Waals surface area contributed by atoms with E-state index < -0.39 is 17.4 Å². The number of hydrogen-bond donors (Lipinski definition) is 1. The Kier molecular flexibility index (Phi) is 7.82. The zero-order valence-corrected chi connectivity index (χ0v) is 21.5. The Morgan fingerprint density at radius 3 is 1.84 bits per heavy atom. The average Bonchev–Trinajstić information content (AvgIpc) is 3.10. The Morgan fingerprint density at radius 1 is 0.789 bits per heavy atom. The Balaban J connectivity index is 1.75. The van der Waals surface area contributed by atoms with E-state index in [4.69, 9.17) is 0 Å². The molecule has 2 aliphatic heterocycles. The number of alkyl halides is 3. The van der Waals surface area contributed by atoms with Crippen molar-refractivity contribution >= 4 is 0 Å². The highest BCUT2D eigenvalue weighted by Crippen LogP contribution is 2.45. The number of nitriles is 1. The molecule has 38 heavy (non-hydrogen) atoms. The van der Waals surface area contributed by atoms with Crippen molar-refractivity contribution in [2.75, 3.05) is 26.2 Å². The van der Waals surface area contributed by atoms with Gasteiger partial charge in [0.25, 0.3) is 0 Å². The van der Waals surface area contributed by atoms with Crippen LogP contribution in [0.3, 0.4) is 0 Å². The number of benzene rings is 1. The molecule has 4 heterocycles. The maximum absolute atomic E-state index is 13.6. The average molecular weight is 523 g/mol. The van der Waals surface area contributed by atoms with Crippen LogP contribution in [0.25, 0.3) is 11.3 Å². The van der Waals surface area contributed by atoms with E-state index in [2.05, 4.69) is 31.1 Å². The summed E-state index contributed by atoms with van der Waals surface area (Å²) >= 11 is 0. The molecular weight excluding hydrogens is 489 g/mol. The first kappa shape index (κ1) is 26.4. The molecule has 0 aliphatic carbocycles.